The van der Waals surface area contributed by atoms with E-state index in [9.17, 15) is 0 Å². The maximum absolute atomic E-state index is 4.17. The number of hydrogen-bond acceptors (Lipinski definition) is 0. The highest BCUT2D eigenvalue weighted by Gasteiger charge is 2.06. The van der Waals surface area contributed by atoms with Crippen molar-refractivity contribution in [3.05, 3.63) is 6.92 Å². The summed E-state index contributed by atoms with van der Waals surface area (Å²) in [6.45, 7) is 11.2. The summed E-state index contributed by atoms with van der Waals surface area (Å²) in [5.74, 6) is 0. The molecule has 0 aromatic heterocycles. The summed E-state index contributed by atoms with van der Waals surface area (Å²) in [6, 6.07) is 0. The largest absolute Gasteiger partial charge is 0.0720 e. The lowest BCUT2D eigenvalue weighted by Crippen LogP contribution is -2.08. The third-order valence-electron chi connectivity index (χ3n) is 2.12. The molecule has 0 fully saturated rings. The van der Waals surface area contributed by atoms with E-state index in [0.29, 0.717) is 0 Å². The minimum Gasteiger partial charge on any atom is -0.0720 e. The molecule has 1 heteroatoms. The molecule has 0 amide bonds. The molecule has 0 saturated carbocycles. The maximum atomic E-state index is 4.17. The van der Waals surface area contributed by atoms with Crippen LogP contribution in [0.5, 0.6) is 0 Å². The van der Waals surface area contributed by atoms with Gasteiger partial charge in [0.2, 0.25) is 0 Å². The number of unbranched alkanes of at least 4 members (excludes halogenated alkanes) is 2. The smallest absolute Gasteiger partial charge is 0.0337 e. The van der Waals surface area contributed by atoms with E-state index in [2.05, 4.69) is 26.9 Å². The zero-order valence-electron chi connectivity index (χ0n) is 7.69. The van der Waals surface area contributed by atoms with E-state index in [1.54, 1.807) is 0 Å². The second-order valence-electron chi connectivity index (χ2n) is 3.50. The van der Waals surface area contributed by atoms with Crippen LogP contribution in [0.15, 0.2) is 0 Å². The molecule has 1 atom stereocenters. The van der Waals surface area contributed by atoms with Crippen molar-refractivity contribution in [1.29, 1.82) is 0 Å². The molecule has 0 rings (SSSR count). The molecule has 0 nitrogen and oxygen atoms in total. The van der Waals surface area contributed by atoms with Crippen LogP contribution in [0.3, 0.4) is 0 Å². The van der Waals surface area contributed by atoms with Crippen molar-refractivity contribution in [3.63, 3.8) is 0 Å². The van der Waals surface area contributed by atoms with E-state index >= 15 is 0 Å². The average Bonchev–Trinajstić information content (AvgIpc) is 1.88. The summed E-state index contributed by atoms with van der Waals surface area (Å²) in [4.78, 5) is 0. The molecule has 0 aliphatic rings. The molecule has 0 aromatic rings. The summed E-state index contributed by atoms with van der Waals surface area (Å²) >= 11 is 0. The Balaban J connectivity index is 3.13. The molecule has 1 unspecified atom stereocenters. The molecular formula is C9H21Si. The van der Waals surface area contributed by atoms with E-state index in [4.69, 9.17) is 0 Å². The van der Waals surface area contributed by atoms with Crippen molar-refractivity contribution in [2.75, 3.05) is 0 Å². The van der Waals surface area contributed by atoms with Gasteiger partial charge < -0.3 is 0 Å². The van der Waals surface area contributed by atoms with Gasteiger partial charge in [-0.3, -0.25) is 0 Å². The van der Waals surface area contributed by atoms with E-state index in [-0.39, 0.29) is 0 Å². The van der Waals surface area contributed by atoms with Gasteiger partial charge in [0.05, 0.1) is 0 Å². The number of hydrogen-bond donors (Lipinski definition) is 0. The summed E-state index contributed by atoms with van der Waals surface area (Å²) in [5.41, 5.74) is 0.812. The first-order chi connectivity index (χ1) is 4.68. The highest BCUT2D eigenvalue weighted by molar-refractivity contribution is 6.57. The molecule has 61 valence electrons. The average molecular weight is 157 g/mol. The predicted molar refractivity (Wildman–Crippen MR) is 52.1 cm³/mol. The van der Waals surface area contributed by atoms with Crippen LogP contribution >= 0.6 is 0 Å². The van der Waals surface area contributed by atoms with Crippen LogP contribution in [0.4, 0.5) is 0 Å². The van der Waals surface area contributed by atoms with E-state index in [1.807, 2.05) is 0 Å². The van der Waals surface area contributed by atoms with Gasteiger partial charge in [0, 0.05) is 8.80 Å². The van der Waals surface area contributed by atoms with Crippen molar-refractivity contribution >= 4 is 8.80 Å². The van der Waals surface area contributed by atoms with Crippen molar-refractivity contribution < 1.29 is 0 Å². The van der Waals surface area contributed by atoms with Crippen LogP contribution in [0.2, 0.25) is 18.6 Å². The van der Waals surface area contributed by atoms with Crippen LogP contribution in [0.25, 0.3) is 0 Å². The lowest BCUT2D eigenvalue weighted by Gasteiger charge is -2.12. The Morgan fingerprint density at radius 1 is 1.30 bits per heavy atom. The Bertz CT molecular complexity index is 69.1. The molecular weight excluding hydrogens is 136 g/mol. The van der Waals surface area contributed by atoms with E-state index in [1.165, 1.54) is 25.7 Å². The van der Waals surface area contributed by atoms with Crippen molar-refractivity contribution in [1.82, 2.24) is 0 Å². The zero-order valence-corrected chi connectivity index (χ0v) is 8.84. The van der Waals surface area contributed by atoms with Gasteiger partial charge in [0.25, 0.3) is 0 Å². The summed E-state index contributed by atoms with van der Waals surface area (Å²) in [5, 5.41) is 0. The monoisotopic (exact) mass is 157 g/mol. The molecule has 10 heavy (non-hydrogen) atoms. The fourth-order valence-electron chi connectivity index (χ4n) is 0.990. The fraction of sp³-hybridized carbons (Fsp3) is 0.889. The van der Waals surface area contributed by atoms with Gasteiger partial charge in [-0.15, -0.1) is 0 Å². The second kappa shape index (κ2) is 5.96. The predicted octanol–water partition coefficient (Wildman–Crippen LogP) is 3.26. The molecule has 0 aliphatic carbocycles. The first-order valence-electron chi connectivity index (χ1n) is 4.51. The molecule has 0 aromatic carbocycles. The Hall–Kier alpha value is 0.217. The van der Waals surface area contributed by atoms with Gasteiger partial charge >= 0.3 is 0 Å². The Kier molecular flexibility index (Phi) is 6.09. The minimum absolute atomic E-state index is 0.418. The zero-order chi connectivity index (χ0) is 7.98. The summed E-state index contributed by atoms with van der Waals surface area (Å²) in [6.07, 6.45) is 5.51. The molecule has 0 aliphatic heterocycles. The molecule has 0 bridgehead atoms. The van der Waals surface area contributed by atoms with Crippen LogP contribution in [0, 0.1) is 6.92 Å². The highest BCUT2D eigenvalue weighted by atomic mass is 28.3. The molecule has 1 radical (unpaired) electrons. The van der Waals surface area contributed by atoms with E-state index < -0.39 is 8.80 Å². The lowest BCUT2D eigenvalue weighted by molar-refractivity contribution is 0.668. The van der Waals surface area contributed by atoms with Gasteiger partial charge in [-0.2, -0.15) is 0 Å². The lowest BCUT2D eigenvalue weighted by atomic mass is 10.2. The molecule has 0 N–H and O–H groups in total. The fourth-order valence-corrected chi connectivity index (χ4v) is 1.89. The van der Waals surface area contributed by atoms with Gasteiger partial charge in [0.1, 0.15) is 0 Å². The Labute approximate surface area is 67.6 Å². The third kappa shape index (κ3) is 5.04. The standard InChI is InChI=1S/C9H21Si/c1-5-6-7-8-9(2)10(3)4/h9-10H,2,5-8H2,1,3-4H3. The first kappa shape index (κ1) is 10.2. The van der Waals surface area contributed by atoms with Crippen LogP contribution in [-0.2, 0) is 0 Å². The van der Waals surface area contributed by atoms with Crippen molar-refractivity contribution in [2.45, 2.75) is 51.2 Å². The van der Waals surface area contributed by atoms with Gasteiger partial charge in [-0.05, 0) is 5.54 Å². The third-order valence-corrected chi connectivity index (χ3v) is 4.34. The maximum Gasteiger partial charge on any atom is 0.0337 e. The minimum atomic E-state index is -0.418. The SMILES string of the molecule is [CH2]C(CCCCC)[SiH](C)C. The van der Waals surface area contributed by atoms with Gasteiger partial charge in [-0.25, -0.2) is 0 Å². The topological polar surface area (TPSA) is 0 Å². The van der Waals surface area contributed by atoms with Crippen molar-refractivity contribution in [3.8, 4) is 0 Å². The summed E-state index contributed by atoms with van der Waals surface area (Å²) < 4.78 is 0. The first-order valence-corrected chi connectivity index (χ1v) is 7.49. The Morgan fingerprint density at radius 3 is 2.30 bits per heavy atom. The highest BCUT2D eigenvalue weighted by Crippen LogP contribution is 2.17. The van der Waals surface area contributed by atoms with Crippen LogP contribution < -0.4 is 0 Å². The number of rotatable bonds is 5. The molecule has 0 saturated heterocycles. The Morgan fingerprint density at radius 2 is 1.90 bits per heavy atom. The summed E-state index contributed by atoms with van der Waals surface area (Å²) in [7, 11) is -0.418. The normalized spacial score (nSPS) is 14.1. The second-order valence-corrected chi connectivity index (χ2v) is 6.93. The molecule has 0 heterocycles. The van der Waals surface area contributed by atoms with Crippen molar-refractivity contribution in [2.24, 2.45) is 0 Å². The van der Waals surface area contributed by atoms with Crippen LogP contribution in [-0.4, -0.2) is 8.80 Å². The van der Waals surface area contributed by atoms with E-state index in [0.717, 1.165) is 5.54 Å². The molecule has 0 spiro atoms. The van der Waals surface area contributed by atoms with Gasteiger partial charge in [-0.1, -0.05) is 52.6 Å². The van der Waals surface area contributed by atoms with Crippen LogP contribution in [0.1, 0.15) is 32.6 Å². The quantitative estimate of drug-likeness (QED) is 0.424. The van der Waals surface area contributed by atoms with Gasteiger partial charge in [0.15, 0.2) is 0 Å².